The summed E-state index contributed by atoms with van der Waals surface area (Å²) in [5.41, 5.74) is 0. The van der Waals surface area contributed by atoms with Crippen LogP contribution in [-0.2, 0) is 24.3 Å². The normalized spacial score (nSPS) is 12.5. The summed E-state index contributed by atoms with van der Waals surface area (Å²) < 4.78 is 56.0. The molecule has 1 aromatic rings. The molecule has 0 heterocycles. The van der Waals surface area contributed by atoms with Crippen molar-refractivity contribution in [1.29, 1.82) is 0 Å². The van der Waals surface area contributed by atoms with Crippen LogP contribution in [0.15, 0.2) is 30.3 Å². The van der Waals surface area contributed by atoms with Crippen LogP contribution in [0.25, 0.3) is 0 Å². The van der Waals surface area contributed by atoms with Crippen LogP contribution in [-0.4, -0.2) is 60.0 Å². The van der Waals surface area contributed by atoms with E-state index in [1.54, 1.807) is 12.1 Å². The van der Waals surface area contributed by atoms with Crippen molar-refractivity contribution in [3.63, 3.8) is 0 Å². The molecular weight excluding hydrogens is 318 g/mol. The van der Waals surface area contributed by atoms with Gasteiger partial charge >= 0.3 is 0 Å². The first-order chi connectivity index (χ1) is 9.68. The molecule has 120 valence electrons. The smallest absolute Gasteiger partial charge is 0.264 e. The van der Waals surface area contributed by atoms with Crippen molar-refractivity contribution in [3.8, 4) is 5.75 Å². The molecule has 7 nitrogen and oxygen atoms in total. The second-order valence-corrected chi connectivity index (χ2v) is 7.98. The minimum atomic E-state index is -3.58. The van der Waals surface area contributed by atoms with Crippen molar-refractivity contribution >= 4 is 20.1 Å². The maximum absolute atomic E-state index is 11.6. The fourth-order valence-electron chi connectivity index (χ4n) is 1.52. The molecule has 0 aliphatic carbocycles. The summed E-state index contributed by atoms with van der Waals surface area (Å²) in [6.45, 7) is -0.00188. The third-order valence-electron chi connectivity index (χ3n) is 2.46. The second-order valence-electron chi connectivity index (χ2n) is 4.35. The Morgan fingerprint density at radius 3 is 2.05 bits per heavy atom. The van der Waals surface area contributed by atoms with Gasteiger partial charge in [-0.3, -0.25) is 4.18 Å². The maximum Gasteiger partial charge on any atom is 0.264 e. The first kappa shape index (κ1) is 17.9. The lowest BCUT2D eigenvalue weighted by Crippen LogP contribution is -2.36. The van der Waals surface area contributed by atoms with Crippen molar-refractivity contribution in [3.05, 3.63) is 30.3 Å². The SMILES string of the molecule is CS(=O)(=O)OCCN(CCOc1ccccc1)S(C)(=O)=O. The van der Waals surface area contributed by atoms with Gasteiger partial charge in [0.2, 0.25) is 10.0 Å². The number of benzene rings is 1. The highest BCUT2D eigenvalue weighted by Crippen LogP contribution is 2.08. The maximum atomic E-state index is 11.6. The number of ether oxygens (including phenoxy) is 1. The third kappa shape index (κ3) is 8.00. The second kappa shape index (κ2) is 7.74. The highest BCUT2D eigenvalue weighted by atomic mass is 32.2. The van der Waals surface area contributed by atoms with Gasteiger partial charge in [0.1, 0.15) is 12.4 Å². The van der Waals surface area contributed by atoms with Gasteiger partial charge in [0.05, 0.1) is 19.1 Å². The van der Waals surface area contributed by atoms with Crippen LogP contribution in [0.4, 0.5) is 0 Å². The third-order valence-corrected chi connectivity index (χ3v) is 4.36. The Bertz CT molecular complexity index is 627. The van der Waals surface area contributed by atoms with Gasteiger partial charge in [0, 0.05) is 13.1 Å². The van der Waals surface area contributed by atoms with Crippen LogP contribution in [0.3, 0.4) is 0 Å². The predicted molar refractivity (Wildman–Crippen MR) is 79.1 cm³/mol. The van der Waals surface area contributed by atoms with Gasteiger partial charge in [-0.1, -0.05) is 18.2 Å². The Balaban J connectivity index is 2.48. The molecule has 0 bridgehead atoms. The quantitative estimate of drug-likeness (QED) is 0.602. The molecular formula is C12H19NO6S2. The zero-order valence-corrected chi connectivity index (χ0v) is 13.6. The average molecular weight is 337 g/mol. The summed E-state index contributed by atoms with van der Waals surface area (Å²) >= 11 is 0. The van der Waals surface area contributed by atoms with E-state index in [9.17, 15) is 16.8 Å². The number of hydrogen-bond donors (Lipinski definition) is 0. The van der Waals surface area contributed by atoms with Crippen molar-refractivity contribution in [2.75, 3.05) is 38.8 Å². The number of sulfonamides is 1. The minimum absolute atomic E-state index is 0.0515. The summed E-state index contributed by atoms with van der Waals surface area (Å²) in [5, 5.41) is 0. The Morgan fingerprint density at radius 2 is 1.52 bits per heavy atom. The molecule has 0 aliphatic heterocycles. The predicted octanol–water partition coefficient (Wildman–Crippen LogP) is 0.303. The summed E-state index contributed by atoms with van der Waals surface area (Å²) in [4.78, 5) is 0. The molecule has 21 heavy (non-hydrogen) atoms. The van der Waals surface area contributed by atoms with E-state index >= 15 is 0 Å². The highest BCUT2D eigenvalue weighted by molar-refractivity contribution is 7.88. The molecule has 0 saturated heterocycles. The Hall–Kier alpha value is -1.16. The van der Waals surface area contributed by atoms with Gasteiger partial charge in [-0.2, -0.15) is 12.7 Å². The molecule has 0 atom stereocenters. The summed E-state index contributed by atoms with van der Waals surface area (Å²) in [6, 6.07) is 8.99. The van der Waals surface area contributed by atoms with Crippen LogP contribution in [0.2, 0.25) is 0 Å². The molecule has 1 aromatic carbocycles. The molecule has 9 heteroatoms. The van der Waals surface area contributed by atoms with E-state index in [4.69, 9.17) is 4.74 Å². The van der Waals surface area contributed by atoms with Gasteiger partial charge in [-0.15, -0.1) is 0 Å². The van der Waals surface area contributed by atoms with Crippen molar-refractivity contribution < 1.29 is 25.8 Å². The fourth-order valence-corrected chi connectivity index (χ4v) is 2.71. The average Bonchev–Trinajstić information content (AvgIpc) is 2.35. The Morgan fingerprint density at radius 1 is 0.952 bits per heavy atom. The molecule has 0 spiro atoms. The summed E-state index contributed by atoms with van der Waals surface area (Å²) in [7, 11) is -7.04. The van der Waals surface area contributed by atoms with Gasteiger partial charge in [-0.25, -0.2) is 8.42 Å². The first-order valence-electron chi connectivity index (χ1n) is 6.16. The minimum Gasteiger partial charge on any atom is -0.492 e. The lowest BCUT2D eigenvalue weighted by atomic mass is 10.3. The summed E-state index contributed by atoms with van der Waals surface area (Å²) in [5.74, 6) is 0.637. The van der Waals surface area contributed by atoms with Crippen LogP contribution in [0.5, 0.6) is 5.75 Å². The highest BCUT2D eigenvalue weighted by Gasteiger charge is 2.17. The number of para-hydroxylation sites is 1. The zero-order chi connectivity index (χ0) is 15.9. The number of rotatable bonds is 9. The lowest BCUT2D eigenvalue weighted by molar-refractivity contribution is 0.241. The molecule has 0 aromatic heterocycles. The van der Waals surface area contributed by atoms with Gasteiger partial charge in [0.15, 0.2) is 0 Å². The molecule has 0 aliphatic rings. The Kier molecular flexibility index (Phi) is 6.59. The van der Waals surface area contributed by atoms with Crippen molar-refractivity contribution in [2.45, 2.75) is 0 Å². The molecule has 0 fully saturated rings. The monoisotopic (exact) mass is 337 g/mol. The Labute approximate surface area is 125 Å². The van der Waals surface area contributed by atoms with E-state index in [1.165, 1.54) is 0 Å². The standard InChI is InChI=1S/C12H19NO6S2/c1-20(14,15)13(9-11-19-21(2,16)17)8-10-18-12-6-4-3-5-7-12/h3-7H,8-11H2,1-2H3. The van der Waals surface area contributed by atoms with E-state index in [0.29, 0.717) is 5.75 Å². The van der Waals surface area contributed by atoms with Crippen LogP contribution in [0.1, 0.15) is 0 Å². The fraction of sp³-hybridized carbons (Fsp3) is 0.500. The molecule has 0 unspecified atom stereocenters. The topological polar surface area (TPSA) is 90.0 Å². The van der Waals surface area contributed by atoms with Gasteiger partial charge < -0.3 is 4.74 Å². The molecule has 0 N–H and O–H groups in total. The van der Waals surface area contributed by atoms with Gasteiger partial charge in [0.25, 0.3) is 10.1 Å². The summed E-state index contributed by atoms with van der Waals surface area (Å²) in [6.07, 6.45) is 1.96. The van der Waals surface area contributed by atoms with E-state index in [-0.39, 0.29) is 26.3 Å². The number of nitrogens with zero attached hydrogens (tertiary/aromatic N) is 1. The van der Waals surface area contributed by atoms with E-state index in [0.717, 1.165) is 16.8 Å². The molecule has 0 saturated carbocycles. The van der Waals surface area contributed by atoms with Crippen LogP contribution in [0, 0.1) is 0 Å². The number of hydrogen-bond acceptors (Lipinski definition) is 6. The van der Waals surface area contributed by atoms with E-state index in [1.807, 2.05) is 18.2 Å². The zero-order valence-electron chi connectivity index (χ0n) is 11.9. The van der Waals surface area contributed by atoms with Crippen LogP contribution < -0.4 is 4.74 Å². The van der Waals surface area contributed by atoms with E-state index in [2.05, 4.69) is 4.18 Å². The van der Waals surface area contributed by atoms with Crippen molar-refractivity contribution in [2.24, 2.45) is 0 Å². The van der Waals surface area contributed by atoms with Gasteiger partial charge in [-0.05, 0) is 12.1 Å². The molecule has 0 amide bonds. The van der Waals surface area contributed by atoms with Crippen LogP contribution >= 0.6 is 0 Å². The lowest BCUT2D eigenvalue weighted by Gasteiger charge is -2.19. The molecule has 0 radical (unpaired) electrons. The first-order valence-corrected chi connectivity index (χ1v) is 9.82. The van der Waals surface area contributed by atoms with E-state index < -0.39 is 20.1 Å². The van der Waals surface area contributed by atoms with Crippen molar-refractivity contribution in [1.82, 2.24) is 4.31 Å². The molecule has 1 rings (SSSR count). The largest absolute Gasteiger partial charge is 0.492 e.